The molecule has 1 aromatic carbocycles. The molecular weight excluding hydrogens is 354 g/mol. The number of esters is 1. The van der Waals surface area contributed by atoms with E-state index in [2.05, 4.69) is 5.43 Å². The predicted molar refractivity (Wildman–Crippen MR) is 93.2 cm³/mol. The largest absolute Gasteiger partial charge is 0.494 e. The van der Waals surface area contributed by atoms with E-state index in [1.807, 2.05) is 6.92 Å². The van der Waals surface area contributed by atoms with Crippen LogP contribution in [0.4, 0.5) is 5.69 Å². The lowest BCUT2D eigenvalue weighted by atomic mass is 10.1. The molecule has 3 amide bonds. The lowest BCUT2D eigenvalue weighted by molar-refractivity contribution is -0.141. The Bertz CT molecular complexity index is 845. The predicted octanol–water partition coefficient (Wildman–Crippen LogP) is 0.511. The van der Waals surface area contributed by atoms with Gasteiger partial charge in [0.15, 0.2) is 11.7 Å². The number of carbonyl (C=O) groups excluding carboxylic acids is 4. The number of anilines is 1. The van der Waals surface area contributed by atoms with Crippen molar-refractivity contribution >= 4 is 29.4 Å². The summed E-state index contributed by atoms with van der Waals surface area (Å²) in [6, 6.07) is 5.20. The average molecular weight is 373 g/mol. The minimum Gasteiger partial charge on any atom is -0.494 e. The zero-order valence-corrected chi connectivity index (χ0v) is 15.1. The summed E-state index contributed by atoms with van der Waals surface area (Å²) in [4.78, 5) is 50.9. The third-order valence-electron chi connectivity index (χ3n) is 4.15. The lowest BCUT2D eigenvalue weighted by Gasteiger charge is -2.23. The number of imide groups is 1. The number of rotatable bonds is 5. The average Bonchev–Trinajstić information content (AvgIpc) is 3.14. The minimum atomic E-state index is -1.21. The third-order valence-corrected chi connectivity index (χ3v) is 4.15. The van der Waals surface area contributed by atoms with Crippen molar-refractivity contribution in [3.63, 3.8) is 0 Å². The number of hydrogen-bond donors (Lipinski definition) is 1. The Balaban J connectivity index is 2.01. The number of hydrazine groups is 1. The van der Waals surface area contributed by atoms with E-state index in [-0.39, 0.29) is 17.9 Å². The van der Waals surface area contributed by atoms with Gasteiger partial charge < -0.3 is 9.47 Å². The van der Waals surface area contributed by atoms with E-state index < -0.39 is 29.7 Å². The van der Waals surface area contributed by atoms with Crippen molar-refractivity contribution in [1.82, 2.24) is 10.4 Å². The van der Waals surface area contributed by atoms with Crippen molar-refractivity contribution in [3.05, 3.63) is 35.5 Å². The summed E-state index contributed by atoms with van der Waals surface area (Å²) in [6.07, 6.45) is 0. The molecule has 27 heavy (non-hydrogen) atoms. The quantitative estimate of drug-likeness (QED) is 0.592. The molecule has 2 aliphatic rings. The summed E-state index contributed by atoms with van der Waals surface area (Å²) >= 11 is 0. The highest BCUT2D eigenvalue weighted by Crippen LogP contribution is 2.35. The molecule has 2 heterocycles. The normalized spacial score (nSPS) is 18.6. The summed E-state index contributed by atoms with van der Waals surface area (Å²) in [5.41, 5.74) is 2.57. The summed E-state index contributed by atoms with van der Waals surface area (Å²) < 4.78 is 10.3. The van der Waals surface area contributed by atoms with Crippen molar-refractivity contribution < 1.29 is 28.7 Å². The van der Waals surface area contributed by atoms with Crippen LogP contribution in [0.25, 0.3) is 0 Å². The summed E-state index contributed by atoms with van der Waals surface area (Å²) in [6.45, 7) is 5.27. The molecule has 1 fully saturated rings. The molecular formula is C18H19N3O6. The van der Waals surface area contributed by atoms with Crippen LogP contribution >= 0.6 is 0 Å². The minimum absolute atomic E-state index is 0.0901. The molecule has 0 aliphatic carbocycles. The number of benzene rings is 1. The molecule has 0 unspecified atom stereocenters. The maximum Gasteiger partial charge on any atom is 0.356 e. The number of nitrogens with one attached hydrogen (secondary N) is 1. The van der Waals surface area contributed by atoms with Crippen LogP contribution in [0.1, 0.15) is 20.8 Å². The Hall–Kier alpha value is -3.36. The Kier molecular flexibility index (Phi) is 4.85. The Morgan fingerprint density at radius 2 is 1.78 bits per heavy atom. The number of ether oxygens (including phenoxy) is 2. The van der Waals surface area contributed by atoms with Gasteiger partial charge in [0.05, 0.1) is 24.5 Å². The fourth-order valence-electron chi connectivity index (χ4n) is 3.03. The molecule has 0 aromatic heterocycles. The van der Waals surface area contributed by atoms with Crippen molar-refractivity contribution in [2.24, 2.45) is 0 Å². The second-order valence-electron chi connectivity index (χ2n) is 5.82. The lowest BCUT2D eigenvalue weighted by Crippen LogP contribution is -2.48. The van der Waals surface area contributed by atoms with Crippen LogP contribution in [0.3, 0.4) is 0 Å². The number of hydrogen-bond acceptors (Lipinski definition) is 7. The second-order valence-corrected chi connectivity index (χ2v) is 5.82. The molecule has 1 atom stereocenters. The number of nitrogens with zero attached hydrogens (tertiary/aromatic N) is 2. The molecule has 2 aliphatic heterocycles. The molecule has 3 rings (SSSR count). The van der Waals surface area contributed by atoms with E-state index in [0.717, 1.165) is 9.91 Å². The van der Waals surface area contributed by atoms with Crippen molar-refractivity contribution in [1.29, 1.82) is 0 Å². The summed E-state index contributed by atoms with van der Waals surface area (Å²) in [5.74, 6) is -2.00. The first-order valence-corrected chi connectivity index (χ1v) is 8.49. The van der Waals surface area contributed by atoms with Gasteiger partial charge in [0, 0.05) is 6.92 Å². The van der Waals surface area contributed by atoms with Gasteiger partial charge in [-0.3, -0.25) is 19.8 Å². The van der Waals surface area contributed by atoms with Gasteiger partial charge in [-0.2, -0.15) is 0 Å². The molecule has 1 aromatic rings. The monoisotopic (exact) mass is 373 g/mol. The van der Waals surface area contributed by atoms with E-state index in [0.29, 0.717) is 18.0 Å². The summed E-state index contributed by atoms with van der Waals surface area (Å²) in [5, 5.41) is 0.969. The van der Waals surface area contributed by atoms with Gasteiger partial charge in [-0.05, 0) is 38.1 Å². The third kappa shape index (κ3) is 3.01. The molecule has 9 heteroatoms. The molecule has 1 N–H and O–H groups in total. The molecule has 0 saturated carbocycles. The molecule has 1 saturated heterocycles. The zero-order valence-electron chi connectivity index (χ0n) is 15.1. The van der Waals surface area contributed by atoms with E-state index in [1.165, 1.54) is 6.92 Å². The van der Waals surface area contributed by atoms with Crippen LogP contribution < -0.4 is 15.1 Å². The number of amides is 3. The van der Waals surface area contributed by atoms with E-state index in [4.69, 9.17) is 9.47 Å². The van der Waals surface area contributed by atoms with Crippen molar-refractivity contribution in [2.45, 2.75) is 26.8 Å². The summed E-state index contributed by atoms with van der Waals surface area (Å²) in [7, 11) is 0. The number of carbonyl (C=O) groups is 4. The fraction of sp³-hybridized carbons (Fsp3) is 0.333. The Morgan fingerprint density at radius 3 is 2.33 bits per heavy atom. The molecule has 142 valence electrons. The first kappa shape index (κ1) is 18.4. The van der Waals surface area contributed by atoms with Gasteiger partial charge in [-0.25, -0.2) is 14.7 Å². The smallest absolute Gasteiger partial charge is 0.356 e. The van der Waals surface area contributed by atoms with Crippen LogP contribution in [-0.4, -0.2) is 48.0 Å². The van der Waals surface area contributed by atoms with Crippen molar-refractivity contribution in [3.8, 4) is 5.75 Å². The molecule has 0 spiro atoms. The van der Waals surface area contributed by atoms with Gasteiger partial charge in [-0.15, -0.1) is 0 Å². The highest BCUT2D eigenvalue weighted by molar-refractivity contribution is 6.33. The molecule has 0 bridgehead atoms. The zero-order chi connectivity index (χ0) is 19.7. The van der Waals surface area contributed by atoms with Crippen LogP contribution in [-0.2, 0) is 23.9 Å². The van der Waals surface area contributed by atoms with Crippen LogP contribution in [0, 0.1) is 0 Å². The highest BCUT2D eigenvalue weighted by atomic mass is 16.5. The van der Waals surface area contributed by atoms with Crippen LogP contribution in [0.5, 0.6) is 5.75 Å². The molecule has 9 nitrogen and oxygen atoms in total. The first-order valence-electron chi connectivity index (χ1n) is 8.49. The Labute approximate surface area is 155 Å². The van der Waals surface area contributed by atoms with Gasteiger partial charge in [-0.1, -0.05) is 0 Å². The van der Waals surface area contributed by atoms with Gasteiger partial charge in [0.2, 0.25) is 5.91 Å². The van der Waals surface area contributed by atoms with Gasteiger partial charge >= 0.3 is 5.97 Å². The maximum atomic E-state index is 12.9. The van der Waals surface area contributed by atoms with Gasteiger partial charge in [0.1, 0.15) is 5.75 Å². The second kappa shape index (κ2) is 7.10. The molecule has 0 radical (unpaired) electrons. The standard InChI is InChI=1S/C18H19N3O6/c1-4-26-12-8-6-11(7-9-12)20-16(23)13-14(18(25)27-5-2)19-21(10(3)22)15(13)17(20)24/h6-9,15,19H,4-5H2,1-3H3/t15-/m0/s1. The van der Waals surface area contributed by atoms with E-state index in [9.17, 15) is 19.2 Å². The maximum absolute atomic E-state index is 12.9. The van der Waals surface area contributed by atoms with E-state index in [1.54, 1.807) is 31.2 Å². The van der Waals surface area contributed by atoms with E-state index >= 15 is 0 Å². The SMILES string of the molecule is CCOC(=O)C1=C2C(=O)N(c3ccc(OCC)cc3)C(=O)[C@H]2N(C(C)=O)N1. The highest BCUT2D eigenvalue weighted by Gasteiger charge is 2.55. The first-order chi connectivity index (χ1) is 12.9. The Morgan fingerprint density at radius 1 is 1.11 bits per heavy atom. The van der Waals surface area contributed by atoms with Crippen LogP contribution in [0.2, 0.25) is 0 Å². The van der Waals surface area contributed by atoms with Crippen molar-refractivity contribution in [2.75, 3.05) is 18.1 Å². The topological polar surface area (TPSA) is 105 Å². The fourth-order valence-corrected chi connectivity index (χ4v) is 3.03. The van der Waals surface area contributed by atoms with Gasteiger partial charge in [0.25, 0.3) is 11.8 Å². The number of fused-ring (bicyclic) bond motifs is 1. The van der Waals surface area contributed by atoms with Crippen LogP contribution in [0.15, 0.2) is 35.5 Å².